The van der Waals surface area contributed by atoms with E-state index in [1.54, 1.807) is 17.7 Å². The number of pyridine rings is 1. The molecule has 2 N–H and O–H groups in total. The number of carbonyl (C=O) groups excluding carboxylic acids is 1. The summed E-state index contributed by atoms with van der Waals surface area (Å²) in [6.45, 7) is 2.32. The molecule has 8 nitrogen and oxygen atoms in total. The zero-order valence-corrected chi connectivity index (χ0v) is 16.6. The van der Waals surface area contributed by atoms with Crippen molar-refractivity contribution in [2.75, 3.05) is 11.9 Å². The van der Waals surface area contributed by atoms with Crippen molar-refractivity contribution in [3.63, 3.8) is 0 Å². The smallest absolute Gasteiger partial charge is 0.406 e. The molecule has 4 rings (SSSR count). The van der Waals surface area contributed by atoms with Gasteiger partial charge in [0.1, 0.15) is 11.3 Å². The lowest BCUT2D eigenvalue weighted by Gasteiger charge is -2.07. The Morgan fingerprint density at radius 2 is 2.03 bits per heavy atom. The highest BCUT2D eigenvalue weighted by atomic mass is 32.1. The van der Waals surface area contributed by atoms with E-state index in [0.717, 1.165) is 11.3 Å². The SMILES string of the molecule is CCNC(=O)c1cnc2c(c1)nc(Nc1nc3ccc(OC(F)(F)F)cc3s1)n2C. The van der Waals surface area contributed by atoms with Crippen molar-refractivity contribution >= 4 is 49.7 Å². The first-order chi connectivity index (χ1) is 14.2. The van der Waals surface area contributed by atoms with Crippen molar-refractivity contribution in [2.45, 2.75) is 13.3 Å². The predicted octanol–water partition coefficient (Wildman–Crippen LogP) is 3.97. The number of amides is 1. The monoisotopic (exact) mass is 436 g/mol. The Labute approximate surface area is 171 Å². The number of thiazole rings is 1. The molecule has 12 heteroatoms. The summed E-state index contributed by atoms with van der Waals surface area (Å²) in [5.74, 6) is -0.124. The molecular weight excluding hydrogens is 421 g/mol. The van der Waals surface area contributed by atoms with Crippen LogP contribution in [0.3, 0.4) is 0 Å². The van der Waals surface area contributed by atoms with Gasteiger partial charge in [0.15, 0.2) is 10.8 Å². The summed E-state index contributed by atoms with van der Waals surface area (Å²) in [6, 6.07) is 5.58. The molecule has 0 unspecified atom stereocenters. The molecule has 4 aromatic rings. The fraction of sp³-hybridized carbons (Fsp3) is 0.222. The number of aryl methyl sites for hydroxylation is 1. The number of fused-ring (bicyclic) bond motifs is 2. The van der Waals surface area contributed by atoms with E-state index < -0.39 is 6.36 Å². The number of alkyl halides is 3. The maximum atomic E-state index is 12.4. The Balaban J connectivity index is 1.62. The van der Waals surface area contributed by atoms with E-state index in [2.05, 4.69) is 30.3 Å². The lowest BCUT2D eigenvalue weighted by molar-refractivity contribution is -0.274. The first-order valence-electron chi connectivity index (χ1n) is 8.77. The molecule has 3 aromatic heterocycles. The number of hydrogen-bond acceptors (Lipinski definition) is 7. The van der Waals surface area contributed by atoms with Gasteiger partial charge in [-0.05, 0) is 25.1 Å². The van der Waals surface area contributed by atoms with E-state index >= 15 is 0 Å². The average Bonchev–Trinajstić information content (AvgIpc) is 3.20. The van der Waals surface area contributed by atoms with E-state index in [1.165, 1.54) is 24.4 Å². The number of ether oxygens (including phenoxy) is 1. The number of nitrogens with zero attached hydrogens (tertiary/aromatic N) is 4. The second-order valence-electron chi connectivity index (χ2n) is 6.24. The van der Waals surface area contributed by atoms with Crippen molar-refractivity contribution in [3.05, 3.63) is 36.0 Å². The van der Waals surface area contributed by atoms with E-state index in [-0.39, 0.29) is 11.7 Å². The van der Waals surface area contributed by atoms with Gasteiger partial charge in [0, 0.05) is 25.9 Å². The maximum Gasteiger partial charge on any atom is 0.573 e. The van der Waals surface area contributed by atoms with Gasteiger partial charge in [-0.15, -0.1) is 13.2 Å². The largest absolute Gasteiger partial charge is 0.573 e. The number of rotatable bonds is 5. The van der Waals surface area contributed by atoms with E-state index in [4.69, 9.17) is 0 Å². The summed E-state index contributed by atoms with van der Waals surface area (Å²) >= 11 is 1.16. The summed E-state index contributed by atoms with van der Waals surface area (Å²) in [5.41, 5.74) is 2.00. The number of nitrogens with one attached hydrogen (secondary N) is 2. The molecule has 0 saturated carbocycles. The normalized spacial score (nSPS) is 11.8. The van der Waals surface area contributed by atoms with Crippen LogP contribution in [0.25, 0.3) is 21.4 Å². The van der Waals surface area contributed by atoms with Crippen molar-refractivity contribution in [2.24, 2.45) is 7.05 Å². The lowest BCUT2D eigenvalue weighted by Crippen LogP contribution is -2.22. The molecule has 156 valence electrons. The van der Waals surface area contributed by atoms with Crippen LogP contribution in [0.1, 0.15) is 17.3 Å². The van der Waals surface area contributed by atoms with Crippen LogP contribution in [0.2, 0.25) is 0 Å². The standard InChI is InChI=1S/C18H15F3N6O2S/c1-3-22-15(28)9-6-12-14(23-8-9)27(2)16(24-12)26-17-25-11-5-4-10(7-13(11)30-17)29-18(19,20)21/h4-8H,3H2,1-2H3,(H,22,28)(H,24,25,26). The Hall–Kier alpha value is -3.41. The lowest BCUT2D eigenvalue weighted by atomic mass is 10.2. The average molecular weight is 436 g/mol. The third-order valence-electron chi connectivity index (χ3n) is 4.12. The van der Waals surface area contributed by atoms with Crippen LogP contribution in [0.5, 0.6) is 5.75 Å². The van der Waals surface area contributed by atoms with Crippen molar-refractivity contribution in [3.8, 4) is 5.75 Å². The van der Waals surface area contributed by atoms with Crippen molar-refractivity contribution < 1.29 is 22.7 Å². The summed E-state index contributed by atoms with van der Waals surface area (Å²) in [7, 11) is 1.75. The topological polar surface area (TPSA) is 94.0 Å². The summed E-state index contributed by atoms with van der Waals surface area (Å²) in [6.07, 6.45) is -3.29. The third-order valence-corrected chi connectivity index (χ3v) is 5.05. The second-order valence-corrected chi connectivity index (χ2v) is 7.27. The minimum atomic E-state index is -4.76. The first-order valence-corrected chi connectivity index (χ1v) is 9.59. The number of hydrogen-bond donors (Lipinski definition) is 2. The highest BCUT2D eigenvalue weighted by Gasteiger charge is 2.31. The summed E-state index contributed by atoms with van der Waals surface area (Å²) in [5, 5.41) is 6.19. The van der Waals surface area contributed by atoms with Gasteiger partial charge in [0.2, 0.25) is 5.95 Å². The molecule has 1 aromatic carbocycles. The zero-order valence-electron chi connectivity index (χ0n) is 15.7. The number of carbonyl (C=O) groups is 1. The maximum absolute atomic E-state index is 12.4. The molecular formula is C18H15F3N6O2S. The van der Waals surface area contributed by atoms with Gasteiger partial charge in [-0.3, -0.25) is 9.36 Å². The van der Waals surface area contributed by atoms with Crippen LogP contribution in [-0.2, 0) is 7.05 Å². The number of benzene rings is 1. The Morgan fingerprint density at radius 1 is 1.23 bits per heavy atom. The molecule has 0 radical (unpaired) electrons. The highest BCUT2D eigenvalue weighted by molar-refractivity contribution is 7.22. The Kier molecular flexibility index (Phi) is 4.94. The molecule has 0 bridgehead atoms. The summed E-state index contributed by atoms with van der Waals surface area (Å²) in [4.78, 5) is 25.1. The minimum Gasteiger partial charge on any atom is -0.406 e. The van der Waals surface area contributed by atoms with E-state index in [0.29, 0.717) is 44.6 Å². The van der Waals surface area contributed by atoms with Crippen molar-refractivity contribution in [1.29, 1.82) is 0 Å². The predicted molar refractivity (Wildman–Crippen MR) is 106 cm³/mol. The fourth-order valence-electron chi connectivity index (χ4n) is 2.83. The molecule has 0 atom stereocenters. The first kappa shape index (κ1) is 19.9. The molecule has 0 spiro atoms. The van der Waals surface area contributed by atoms with E-state index in [1.807, 2.05) is 6.92 Å². The van der Waals surface area contributed by atoms with Crippen LogP contribution in [0, 0.1) is 0 Å². The molecule has 3 heterocycles. The van der Waals surface area contributed by atoms with Crippen LogP contribution in [0.4, 0.5) is 24.3 Å². The summed E-state index contributed by atoms with van der Waals surface area (Å²) < 4.78 is 43.4. The molecule has 1 amide bonds. The Morgan fingerprint density at radius 3 is 2.77 bits per heavy atom. The number of aromatic nitrogens is 4. The van der Waals surface area contributed by atoms with Gasteiger partial charge in [-0.25, -0.2) is 15.0 Å². The van der Waals surface area contributed by atoms with Gasteiger partial charge in [-0.2, -0.15) is 0 Å². The highest BCUT2D eigenvalue weighted by Crippen LogP contribution is 2.33. The second kappa shape index (κ2) is 7.44. The van der Waals surface area contributed by atoms with Gasteiger partial charge in [0.05, 0.1) is 15.8 Å². The van der Waals surface area contributed by atoms with Gasteiger partial charge in [0.25, 0.3) is 5.91 Å². The van der Waals surface area contributed by atoms with Gasteiger partial charge < -0.3 is 15.4 Å². The number of anilines is 2. The molecule has 0 aliphatic carbocycles. The minimum absolute atomic E-state index is 0.241. The third kappa shape index (κ3) is 3.99. The van der Waals surface area contributed by atoms with Crippen molar-refractivity contribution in [1.82, 2.24) is 24.8 Å². The van der Waals surface area contributed by atoms with Crippen LogP contribution < -0.4 is 15.4 Å². The van der Waals surface area contributed by atoms with Gasteiger partial charge in [-0.1, -0.05) is 11.3 Å². The molecule has 0 saturated heterocycles. The van der Waals surface area contributed by atoms with Crippen LogP contribution >= 0.6 is 11.3 Å². The number of imidazole rings is 1. The molecule has 30 heavy (non-hydrogen) atoms. The molecule has 0 aliphatic rings. The fourth-order valence-corrected chi connectivity index (χ4v) is 3.71. The molecule has 0 aliphatic heterocycles. The van der Waals surface area contributed by atoms with E-state index in [9.17, 15) is 18.0 Å². The quantitative estimate of drug-likeness (QED) is 0.492. The zero-order chi connectivity index (χ0) is 21.5. The number of halogens is 3. The molecule has 0 fully saturated rings. The Bertz CT molecular complexity index is 1250. The van der Waals surface area contributed by atoms with Crippen LogP contribution in [-0.4, -0.2) is 38.3 Å². The van der Waals surface area contributed by atoms with Crippen LogP contribution in [0.15, 0.2) is 30.5 Å². The van der Waals surface area contributed by atoms with Gasteiger partial charge >= 0.3 is 6.36 Å².